The van der Waals surface area contributed by atoms with Crippen LogP contribution in [0.4, 0.5) is 5.69 Å². The number of fused-ring (bicyclic) bond motifs is 1. The molecule has 0 bridgehead atoms. The van der Waals surface area contributed by atoms with Gasteiger partial charge in [-0.3, -0.25) is 9.69 Å². The predicted molar refractivity (Wildman–Crippen MR) is 111 cm³/mol. The fourth-order valence-corrected chi connectivity index (χ4v) is 3.66. The van der Waals surface area contributed by atoms with Gasteiger partial charge in [0, 0.05) is 50.8 Å². The molecule has 1 aliphatic heterocycles. The Bertz CT molecular complexity index is 893. The van der Waals surface area contributed by atoms with Gasteiger partial charge in [-0.2, -0.15) is 0 Å². The number of aromatic nitrogens is 2. The van der Waals surface area contributed by atoms with Crippen molar-refractivity contribution in [3.05, 3.63) is 66.1 Å². The number of rotatable bonds is 6. The van der Waals surface area contributed by atoms with Gasteiger partial charge >= 0.3 is 0 Å². The van der Waals surface area contributed by atoms with Crippen LogP contribution >= 0.6 is 0 Å². The van der Waals surface area contributed by atoms with E-state index in [-0.39, 0.29) is 12.3 Å². The zero-order valence-electron chi connectivity index (χ0n) is 16.3. The van der Waals surface area contributed by atoms with Crippen LogP contribution in [0.1, 0.15) is 18.2 Å². The van der Waals surface area contributed by atoms with E-state index in [0.717, 1.165) is 56.3 Å². The summed E-state index contributed by atoms with van der Waals surface area (Å²) in [5.74, 6) is -0.0492. The minimum absolute atomic E-state index is 0.0492. The maximum absolute atomic E-state index is 12.3. The van der Waals surface area contributed by atoms with Crippen molar-refractivity contribution < 1.29 is 4.79 Å². The average molecular weight is 377 g/mol. The van der Waals surface area contributed by atoms with Crippen molar-refractivity contribution >= 4 is 17.2 Å². The Balaban J connectivity index is 1.29. The molecular weight excluding hydrogens is 350 g/mol. The Labute approximate surface area is 165 Å². The number of anilines is 1. The van der Waals surface area contributed by atoms with Gasteiger partial charge in [0.1, 0.15) is 5.65 Å². The number of hydrogen-bond acceptors (Lipinski definition) is 4. The van der Waals surface area contributed by atoms with E-state index < -0.39 is 0 Å². The number of amides is 1. The first-order valence-electron chi connectivity index (χ1n) is 9.96. The van der Waals surface area contributed by atoms with Crippen LogP contribution in [-0.4, -0.2) is 57.8 Å². The number of carbonyl (C=O) groups excluding carboxylic acids is 1. The normalized spacial score (nSPS) is 15.8. The number of hydrogen-bond donors (Lipinski definition) is 1. The molecule has 4 rings (SSSR count). The quantitative estimate of drug-likeness (QED) is 0.718. The van der Waals surface area contributed by atoms with E-state index in [1.165, 1.54) is 5.56 Å². The predicted octanol–water partition coefficient (Wildman–Crippen LogP) is 2.65. The lowest BCUT2D eigenvalue weighted by Gasteiger charge is -2.34. The maximum atomic E-state index is 12.3. The highest BCUT2D eigenvalue weighted by atomic mass is 16.1. The molecule has 1 fully saturated rings. The zero-order valence-corrected chi connectivity index (χ0v) is 16.3. The molecule has 1 saturated heterocycles. The molecule has 0 aliphatic carbocycles. The SMILES string of the molecule is CCN1CCN(Cc2ccc(NC(=O)Cc3cn4ccccc4n3)cc2)CC1. The Morgan fingerprint density at radius 2 is 1.79 bits per heavy atom. The van der Waals surface area contributed by atoms with Crippen LogP contribution in [-0.2, 0) is 17.8 Å². The minimum atomic E-state index is -0.0492. The fraction of sp³-hybridized carbons (Fsp3) is 0.364. The van der Waals surface area contributed by atoms with Crippen LogP contribution in [0.2, 0.25) is 0 Å². The molecule has 28 heavy (non-hydrogen) atoms. The Morgan fingerprint density at radius 1 is 1.04 bits per heavy atom. The number of nitrogens with one attached hydrogen (secondary N) is 1. The average Bonchev–Trinajstić information content (AvgIpc) is 3.12. The highest BCUT2D eigenvalue weighted by Gasteiger charge is 2.15. The first-order valence-corrected chi connectivity index (χ1v) is 9.96. The molecule has 6 nitrogen and oxygen atoms in total. The lowest BCUT2D eigenvalue weighted by molar-refractivity contribution is -0.115. The summed E-state index contributed by atoms with van der Waals surface area (Å²) in [6.45, 7) is 8.85. The van der Waals surface area contributed by atoms with Gasteiger partial charge in [0.2, 0.25) is 5.91 Å². The molecule has 0 radical (unpaired) electrons. The van der Waals surface area contributed by atoms with Crippen molar-refractivity contribution in [1.82, 2.24) is 19.2 Å². The molecule has 1 aromatic carbocycles. The van der Waals surface area contributed by atoms with Gasteiger partial charge in [-0.1, -0.05) is 25.1 Å². The standard InChI is InChI=1S/C22H27N5O/c1-2-25-11-13-26(14-12-25)16-18-6-8-19(9-7-18)24-22(28)15-20-17-27-10-4-3-5-21(27)23-20/h3-10,17H,2,11-16H2,1H3,(H,24,28). The summed E-state index contributed by atoms with van der Waals surface area (Å²) in [6, 6.07) is 14.0. The van der Waals surface area contributed by atoms with Gasteiger partial charge in [-0.25, -0.2) is 4.98 Å². The van der Waals surface area contributed by atoms with Crippen LogP contribution < -0.4 is 5.32 Å². The highest BCUT2D eigenvalue weighted by Crippen LogP contribution is 2.14. The van der Waals surface area contributed by atoms with Crippen molar-refractivity contribution in [1.29, 1.82) is 0 Å². The second kappa shape index (κ2) is 8.54. The van der Waals surface area contributed by atoms with Gasteiger partial charge in [-0.05, 0) is 36.4 Å². The number of imidazole rings is 1. The van der Waals surface area contributed by atoms with Crippen LogP contribution in [0.5, 0.6) is 0 Å². The summed E-state index contributed by atoms with van der Waals surface area (Å²) < 4.78 is 1.93. The first kappa shape index (κ1) is 18.7. The highest BCUT2D eigenvalue weighted by molar-refractivity contribution is 5.92. The molecular formula is C22H27N5O. The summed E-state index contributed by atoms with van der Waals surface area (Å²) >= 11 is 0. The summed E-state index contributed by atoms with van der Waals surface area (Å²) in [5, 5.41) is 2.97. The zero-order chi connectivity index (χ0) is 19.3. The topological polar surface area (TPSA) is 52.9 Å². The van der Waals surface area contributed by atoms with E-state index in [4.69, 9.17) is 0 Å². The van der Waals surface area contributed by atoms with Crippen molar-refractivity contribution in [2.45, 2.75) is 19.9 Å². The smallest absolute Gasteiger partial charge is 0.230 e. The number of piperazine rings is 1. The first-order chi connectivity index (χ1) is 13.7. The van der Waals surface area contributed by atoms with Gasteiger partial charge in [0.15, 0.2) is 0 Å². The van der Waals surface area contributed by atoms with E-state index in [1.54, 1.807) is 0 Å². The van der Waals surface area contributed by atoms with E-state index in [0.29, 0.717) is 0 Å². The molecule has 2 aromatic heterocycles. The van der Waals surface area contributed by atoms with Crippen LogP contribution in [0, 0.1) is 0 Å². The third-order valence-electron chi connectivity index (χ3n) is 5.31. The van der Waals surface area contributed by atoms with Crippen molar-refractivity contribution in [3.8, 4) is 0 Å². The molecule has 146 valence electrons. The molecule has 0 spiro atoms. The van der Waals surface area contributed by atoms with Gasteiger partial charge < -0.3 is 14.6 Å². The molecule has 6 heteroatoms. The molecule has 1 N–H and O–H groups in total. The van der Waals surface area contributed by atoms with Gasteiger partial charge in [0.25, 0.3) is 0 Å². The Hall–Kier alpha value is -2.70. The van der Waals surface area contributed by atoms with Crippen molar-refractivity contribution in [2.75, 3.05) is 38.0 Å². The van der Waals surface area contributed by atoms with E-state index in [9.17, 15) is 4.79 Å². The van der Waals surface area contributed by atoms with Crippen molar-refractivity contribution in [3.63, 3.8) is 0 Å². The molecule has 0 saturated carbocycles. The molecule has 0 atom stereocenters. The molecule has 1 amide bonds. The maximum Gasteiger partial charge on any atom is 0.230 e. The fourth-order valence-electron chi connectivity index (χ4n) is 3.66. The number of pyridine rings is 1. The molecule has 3 aromatic rings. The molecule has 0 unspecified atom stereocenters. The third kappa shape index (κ3) is 4.58. The van der Waals surface area contributed by atoms with Gasteiger partial charge in [0.05, 0.1) is 12.1 Å². The van der Waals surface area contributed by atoms with E-state index >= 15 is 0 Å². The Kier molecular flexibility index (Phi) is 5.69. The lowest BCUT2D eigenvalue weighted by Crippen LogP contribution is -2.45. The lowest BCUT2D eigenvalue weighted by atomic mass is 10.1. The number of likely N-dealkylation sites (N-methyl/N-ethyl adjacent to an activating group) is 1. The summed E-state index contributed by atoms with van der Waals surface area (Å²) in [7, 11) is 0. The van der Waals surface area contributed by atoms with Crippen LogP contribution in [0.25, 0.3) is 5.65 Å². The van der Waals surface area contributed by atoms with Gasteiger partial charge in [-0.15, -0.1) is 0 Å². The minimum Gasteiger partial charge on any atom is -0.326 e. The van der Waals surface area contributed by atoms with E-state index in [1.807, 2.05) is 47.1 Å². The molecule has 1 aliphatic rings. The summed E-state index contributed by atoms with van der Waals surface area (Å²) in [4.78, 5) is 21.8. The summed E-state index contributed by atoms with van der Waals surface area (Å²) in [6.07, 6.45) is 4.10. The largest absolute Gasteiger partial charge is 0.326 e. The number of nitrogens with zero attached hydrogens (tertiary/aromatic N) is 4. The second-order valence-corrected chi connectivity index (χ2v) is 7.33. The Morgan fingerprint density at radius 3 is 2.50 bits per heavy atom. The van der Waals surface area contributed by atoms with Crippen molar-refractivity contribution in [2.24, 2.45) is 0 Å². The molecule has 3 heterocycles. The monoisotopic (exact) mass is 377 g/mol. The summed E-state index contributed by atoms with van der Waals surface area (Å²) in [5.41, 5.74) is 3.73. The number of carbonyl (C=O) groups is 1. The number of benzene rings is 1. The third-order valence-corrected chi connectivity index (χ3v) is 5.31. The van der Waals surface area contributed by atoms with E-state index in [2.05, 4.69) is 39.2 Å². The second-order valence-electron chi connectivity index (χ2n) is 7.33. The van der Waals surface area contributed by atoms with Crippen LogP contribution in [0.15, 0.2) is 54.9 Å². The van der Waals surface area contributed by atoms with Crippen LogP contribution in [0.3, 0.4) is 0 Å².